The van der Waals surface area contributed by atoms with Gasteiger partial charge in [-0.3, -0.25) is 10.4 Å². The van der Waals surface area contributed by atoms with E-state index in [9.17, 15) is 0 Å². The molecule has 0 aromatic carbocycles. The van der Waals surface area contributed by atoms with Crippen molar-refractivity contribution in [1.82, 2.24) is 4.98 Å². The minimum absolute atomic E-state index is 0.0870. The lowest BCUT2D eigenvalue weighted by Crippen LogP contribution is -2.32. The van der Waals surface area contributed by atoms with Crippen LogP contribution in [0.1, 0.15) is 30.3 Å². The van der Waals surface area contributed by atoms with E-state index in [0.29, 0.717) is 6.04 Å². The Kier molecular flexibility index (Phi) is 5.66. The number of aromatic nitrogens is 1. The fourth-order valence-electron chi connectivity index (χ4n) is 2.14. The van der Waals surface area contributed by atoms with E-state index in [4.69, 9.17) is 11.1 Å². The molecule has 1 aromatic rings. The van der Waals surface area contributed by atoms with Gasteiger partial charge in [-0.1, -0.05) is 0 Å². The normalized spacial score (nSPS) is 12.3. The number of nitrogens with two attached hydrogens (primary N) is 1. The molecule has 1 atom stereocenters. The van der Waals surface area contributed by atoms with Gasteiger partial charge in [0.15, 0.2) is 0 Å². The minimum Gasteiger partial charge on any atom is -0.384 e. The van der Waals surface area contributed by atoms with Crippen molar-refractivity contribution in [2.45, 2.75) is 33.2 Å². The molecule has 0 saturated carbocycles. The Hall–Kier alpha value is -1.23. The van der Waals surface area contributed by atoms with E-state index in [-0.39, 0.29) is 5.84 Å². The highest BCUT2D eigenvalue weighted by Crippen LogP contribution is 2.25. The third kappa shape index (κ3) is 3.86. The summed E-state index contributed by atoms with van der Waals surface area (Å²) in [5.41, 5.74) is 9.26. The van der Waals surface area contributed by atoms with Crippen LogP contribution in [0.5, 0.6) is 0 Å². The van der Waals surface area contributed by atoms with Crippen LogP contribution in [0.4, 0.5) is 5.69 Å². The number of thioether (sulfide) groups is 1. The quantitative estimate of drug-likeness (QED) is 0.621. The number of nitrogens with one attached hydrogen (secondary N) is 1. The number of hydrogen-bond acceptors (Lipinski definition) is 4. The summed E-state index contributed by atoms with van der Waals surface area (Å²) in [6.07, 6.45) is 3.23. The SMILES string of the molecule is CSCCC(C)N(C)c1cc(C)nc(C)c1C(=N)N. The van der Waals surface area contributed by atoms with Crippen molar-refractivity contribution in [1.29, 1.82) is 5.41 Å². The standard InChI is InChI=1S/C14H24N4S/c1-9-8-12(13(14(15)16)11(3)17-9)18(4)10(2)6-7-19-5/h8,10H,6-7H2,1-5H3,(H3,15,16). The zero-order valence-corrected chi connectivity index (χ0v) is 13.3. The second-order valence-electron chi connectivity index (χ2n) is 4.90. The molecule has 0 radical (unpaired) electrons. The van der Waals surface area contributed by atoms with Crippen molar-refractivity contribution in [2.75, 3.05) is 24.0 Å². The van der Waals surface area contributed by atoms with Crippen LogP contribution in [0.2, 0.25) is 0 Å². The van der Waals surface area contributed by atoms with Gasteiger partial charge in [0.25, 0.3) is 0 Å². The molecule has 0 amide bonds. The predicted octanol–water partition coefficient (Wildman–Crippen LogP) is 2.56. The molecule has 1 aromatic heterocycles. The molecule has 5 heteroatoms. The van der Waals surface area contributed by atoms with E-state index in [1.54, 1.807) is 0 Å². The smallest absolute Gasteiger partial charge is 0.126 e. The number of aryl methyl sites for hydroxylation is 2. The predicted molar refractivity (Wildman–Crippen MR) is 85.6 cm³/mol. The van der Waals surface area contributed by atoms with Gasteiger partial charge >= 0.3 is 0 Å². The van der Waals surface area contributed by atoms with Gasteiger partial charge in [0.1, 0.15) is 5.84 Å². The Morgan fingerprint density at radius 1 is 1.53 bits per heavy atom. The molecule has 1 unspecified atom stereocenters. The van der Waals surface area contributed by atoms with Gasteiger partial charge < -0.3 is 10.6 Å². The second kappa shape index (κ2) is 6.80. The number of amidine groups is 1. The van der Waals surface area contributed by atoms with Crippen molar-refractivity contribution in [3.05, 3.63) is 23.0 Å². The molecule has 0 bridgehead atoms. The summed E-state index contributed by atoms with van der Waals surface area (Å²) in [5, 5.41) is 7.77. The van der Waals surface area contributed by atoms with E-state index in [2.05, 4.69) is 30.1 Å². The third-order valence-corrected chi connectivity index (χ3v) is 4.00. The maximum Gasteiger partial charge on any atom is 0.126 e. The van der Waals surface area contributed by atoms with E-state index >= 15 is 0 Å². The Balaban J connectivity index is 3.14. The van der Waals surface area contributed by atoms with Gasteiger partial charge in [-0.2, -0.15) is 11.8 Å². The third-order valence-electron chi connectivity index (χ3n) is 3.36. The number of nitrogens with zero attached hydrogens (tertiary/aromatic N) is 2. The molecule has 1 rings (SSSR count). The van der Waals surface area contributed by atoms with E-state index < -0.39 is 0 Å². The Labute approximate surface area is 120 Å². The molecule has 4 nitrogen and oxygen atoms in total. The highest BCUT2D eigenvalue weighted by Gasteiger charge is 2.18. The molecule has 0 aliphatic rings. The van der Waals surface area contributed by atoms with Crippen LogP contribution in [-0.4, -0.2) is 35.9 Å². The molecule has 0 spiro atoms. The summed E-state index contributed by atoms with van der Waals surface area (Å²) >= 11 is 1.85. The fraction of sp³-hybridized carbons (Fsp3) is 0.571. The monoisotopic (exact) mass is 280 g/mol. The van der Waals surface area contributed by atoms with Crippen molar-refractivity contribution in [2.24, 2.45) is 5.73 Å². The molecule has 0 aliphatic carbocycles. The first kappa shape index (κ1) is 15.8. The maximum absolute atomic E-state index is 7.77. The summed E-state index contributed by atoms with van der Waals surface area (Å²) in [7, 11) is 2.06. The summed E-state index contributed by atoms with van der Waals surface area (Å²) in [6, 6.07) is 2.42. The van der Waals surface area contributed by atoms with Crippen LogP contribution in [0.15, 0.2) is 6.07 Å². The average Bonchev–Trinajstić information content (AvgIpc) is 2.33. The molecular formula is C14H24N4S. The van der Waals surface area contributed by atoms with Crippen LogP contribution in [0.25, 0.3) is 0 Å². The highest BCUT2D eigenvalue weighted by molar-refractivity contribution is 7.98. The van der Waals surface area contributed by atoms with E-state index in [1.807, 2.05) is 31.7 Å². The molecular weight excluding hydrogens is 256 g/mol. The number of pyridine rings is 1. The highest BCUT2D eigenvalue weighted by atomic mass is 32.2. The van der Waals surface area contributed by atoms with Crippen LogP contribution < -0.4 is 10.6 Å². The average molecular weight is 280 g/mol. The summed E-state index contributed by atoms with van der Waals surface area (Å²) in [4.78, 5) is 6.61. The fourth-order valence-corrected chi connectivity index (χ4v) is 2.72. The lowest BCUT2D eigenvalue weighted by atomic mass is 10.1. The van der Waals surface area contributed by atoms with E-state index in [0.717, 1.165) is 34.8 Å². The summed E-state index contributed by atoms with van der Waals surface area (Å²) in [5.74, 6) is 1.22. The van der Waals surface area contributed by atoms with Gasteiger partial charge in [-0.05, 0) is 45.3 Å². The topological polar surface area (TPSA) is 66.0 Å². The van der Waals surface area contributed by atoms with Crippen LogP contribution in [-0.2, 0) is 0 Å². The lowest BCUT2D eigenvalue weighted by molar-refractivity contribution is 0.668. The molecule has 1 heterocycles. The molecule has 19 heavy (non-hydrogen) atoms. The first-order valence-corrected chi connectivity index (χ1v) is 7.82. The van der Waals surface area contributed by atoms with Gasteiger partial charge in [0.05, 0.1) is 16.9 Å². The van der Waals surface area contributed by atoms with Crippen LogP contribution in [0.3, 0.4) is 0 Å². The summed E-state index contributed by atoms with van der Waals surface area (Å²) in [6.45, 7) is 6.08. The van der Waals surface area contributed by atoms with Crippen molar-refractivity contribution in [3.63, 3.8) is 0 Å². The maximum atomic E-state index is 7.77. The number of anilines is 1. The van der Waals surface area contributed by atoms with Crippen molar-refractivity contribution < 1.29 is 0 Å². The largest absolute Gasteiger partial charge is 0.384 e. The zero-order valence-electron chi connectivity index (χ0n) is 12.4. The number of hydrogen-bond donors (Lipinski definition) is 2. The number of rotatable bonds is 6. The molecule has 3 N–H and O–H groups in total. The Morgan fingerprint density at radius 3 is 2.68 bits per heavy atom. The second-order valence-corrected chi connectivity index (χ2v) is 5.88. The zero-order chi connectivity index (χ0) is 14.6. The first-order chi connectivity index (χ1) is 8.88. The molecule has 0 aliphatic heterocycles. The van der Waals surface area contributed by atoms with E-state index in [1.165, 1.54) is 0 Å². The molecule has 0 fully saturated rings. The Morgan fingerprint density at radius 2 is 2.16 bits per heavy atom. The molecule has 0 saturated heterocycles. The van der Waals surface area contributed by atoms with Gasteiger partial charge in [0, 0.05) is 18.8 Å². The van der Waals surface area contributed by atoms with Gasteiger partial charge in [-0.15, -0.1) is 0 Å². The molecule has 106 valence electrons. The van der Waals surface area contributed by atoms with Crippen molar-refractivity contribution in [3.8, 4) is 0 Å². The lowest BCUT2D eigenvalue weighted by Gasteiger charge is -2.29. The summed E-state index contributed by atoms with van der Waals surface area (Å²) < 4.78 is 0. The van der Waals surface area contributed by atoms with Crippen molar-refractivity contribution >= 4 is 23.3 Å². The van der Waals surface area contributed by atoms with Crippen LogP contribution in [0, 0.1) is 19.3 Å². The van der Waals surface area contributed by atoms with Gasteiger partial charge in [-0.25, -0.2) is 0 Å². The first-order valence-electron chi connectivity index (χ1n) is 6.42. The minimum atomic E-state index is 0.0870. The van der Waals surface area contributed by atoms with Gasteiger partial charge in [0.2, 0.25) is 0 Å². The van der Waals surface area contributed by atoms with Crippen LogP contribution >= 0.6 is 11.8 Å². The number of nitrogen functional groups attached to an aromatic ring is 1. The Bertz CT molecular complexity index is 459.